The third-order valence-electron chi connectivity index (χ3n) is 6.20. The maximum atomic E-state index is 13.1. The lowest BCUT2D eigenvalue weighted by atomic mass is 9.87. The highest BCUT2D eigenvalue weighted by Crippen LogP contribution is 2.37. The molecule has 0 aromatic heterocycles. The monoisotopic (exact) mass is 513 g/mol. The number of carbonyl (C=O) groups excluding carboxylic acids is 1. The van der Waals surface area contributed by atoms with Crippen LogP contribution in [0.5, 0.6) is 0 Å². The highest BCUT2D eigenvalue weighted by atomic mass is 35.5. The van der Waals surface area contributed by atoms with Gasteiger partial charge in [-0.25, -0.2) is 22.4 Å². The summed E-state index contributed by atoms with van der Waals surface area (Å²) in [4.78, 5) is 22.0. The van der Waals surface area contributed by atoms with Crippen LogP contribution in [0.25, 0.3) is 0 Å². The molecule has 1 aromatic rings. The molecule has 0 unspecified atom stereocenters. The van der Waals surface area contributed by atoms with Gasteiger partial charge in [0.1, 0.15) is 5.69 Å². The Labute approximate surface area is 202 Å². The van der Waals surface area contributed by atoms with Crippen LogP contribution in [-0.2, 0) is 4.74 Å². The molecule has 0 radical (unpaired) electrons. The van der Waals surface area contributed by atoms with Crippen molar-refractivity contribution in [2.24, 2.45) is 17.6 Å². The predicted molar refractivity (Wildman–Crippen MR) is 123 cm³/mol. The van der Waals surface area contributed by atoms with Crippen LogP contribution in [0.3, 0.4) is 0 Å². The SMILES string of the molecule is COC(=O)c1ccc(NCC2CCC(F)(F)CC2)c([N+](=O)[O-])c1.Cl.NCC1CCC(F)(F)CC1. The molecule has 2 aliphatic carbocycles. The molecule has 7 nitrogen and oxygen atoms in total. The largest absolute Gasteiger partial charge is 0.465 e. The van der Waals surface area contributed by atoms with Crippen molar-refractivity contribution in [2.75, 3.05) is 25.5 Å². The van der Waals surface area contributed by atoms with Crippen molar-refractivity contribution < 1.29 is 32.0 Å². The van der Waals surface area contributed by atoms with E-state index in [-0.39, 0.29) is 60.9 Å². The van der Waals surface area contributed by atoms with E-state index in [4.69, 9.17) is 5.73 Å². The molecule has 3 rings (SSSR count). The Morgan fingerprint density at radius 3 is 2.03 bits per heavy atom. The van der Waals surface area contributed by atoms with Gasteiger partial charge in [0.25, 0.3) is 5.69 Å². The van der Waals surface area contributed by atoms with Gasteiger partial charge in [0.05, 0.1) is 17.6 Å². The van der Waals surface area contributed by atoms with E-state index in [0.717, 1.165) is 6.07 Å². The zero-order valence-electron chi connectivity index (χ0n) is 19.0. The number of nitrogens with zero attached hydrogens (tertiary/aromatic N) is 1. The van der Waals surface area contributed by atoms with E-state index in [1.165, 1.54) is 19.2 Å². The molecule has 34 heavy (non-hydrogen) atoms. The number of hydrogen-bond donors (Lipinski definition) is 2. The third-order valence-corrected chi connectivity index (χ3v) is 6.20. The number of alkyl halides is 4. The van der Waals surface area contributed by atoms with Crippen molar-refractivity contribution in [3.63, 3.8) is 0 Å². The van der Waals surface area contributed by atoms with Gasteiger partial charge in [-0.2, -0.15) is 0 Å². The molecule has 0 heterocycles. The number of rotatable bonds is 6. The molecule has 0 bridgehead atoms. The maximum Gasteiger partial charge on any atom is 0.338 e. The Hall–Kier alpha value is -2.14. The van der Waals surface area contributed by atoms with Crippen molar-refractivity contribution in [1.82, 2.24) is 0 Å². The average Bonchev–Trinajstić information content (AvgIpc) is 2.78. The smallest absolute Gasteiger partial charge is 0.338 e. The average molecular weight is 514 g/mol. The number of anilines is 1. The second-order valence-electron chi connectivity index (χ2n) is 8.70. The zero-order valence-corrected chi connectivity index (χ0v) is 19.9. The predicted octanol–water partition coefficient (Wildman–Crippen LogP) is 5.81. The minimum atomic E-state index is -2.59. The summed E-state index contributed by atoms with van der Waals surface area (Å²) in [6, 6.07) is 4.00. The molecule has 0 aliphatic heterocycles. The molecular weight excluding hydrogens is 482 g/mol. The maximum absolute atomic E-state index is 13.1. The summed E-state index contributed by atoms with van der Waals surface area (Å²) in [6.45, 7) is 0.949. The first-order valence-corrected chi connectivity index (χ1v) is 11.0. The van der Waals surface area contributed by atoms with Crippen LogP contribution >= 0.6 is 12.4 Å². The molecule has 0 amide bonds. The fourth-order valence-electron chi connectivity index (χ4n) is 3.97. The van der Waals surface area contributed by atoms with Gasteiger partial charge in [-0.05, 0) is 56.2 Å². The van der Waals surface area contributed by atoms with Gasteiger partial charge in [0.15, 0.2) is 0 Å². The summed E-state index contributed by atoms with van der Waals surface area (Å²) < 4.78 is 55.7. The molecule has 2 aliphatic rings. The van der Waals surface area contributed by atoms with Crippen molar-refractivity contribution in [3.05, 3.63) is 33.9 Å². The number of carbonyl (C=O) groups is 1. The number of halogens is 5. The summed E-state index contributed by atoms with van der Waals surface area (Å²) in [7, 11) is 1.19. The van der Waals surface area contributed by atoms with Gasteiger partial charge in [0, 0.05) is 38.3 Å². The number of ether oxygens (including phenoxy) is 1. The minimum Gasteiger partial charge on any atom is -0.465 e. The zero-order chi connectivity index (χ0) is 24.6. The fraction of sp³-hybridized carbons (Fsp3) is 0.682. The Kier molecular flexibility index (Phi) is 11.5. The molecule has 194 valence electrons. The van der Waals surface area contributed by atoms with Crippen LogP contribution in [0.1, 0.15) is 61.7 Å². The topological polar surface area (TPSA) is 107 Å². The number of nitro groups is 1. The third kappa shape index (κ3) is 9.25. The molecule has 2 saturated carbocycles. The lowest BCUT2D eigenvalue weighted by molar-refractivity contribution is -0.384. The first-order valence-electron chi connectivity index (χ1n) is 11.0. The Morgan fingerprint density at radius 2 is 1.59 bits per heavy atom. The molecule has 0 saturated heterocycles. The Morgan fingerprint density at radius 1 is 1.09 bits per heavy atom. The number of benzene rings is 1. The lowest BCUT2D eigenvalue weighted by Crippen LogP contribution is -2.28. The number of nitro benzene ring substituents is 1. The van der Waals surface area contributed by atoms with Crippen molar-refractivity contribution in [3.8, 4) is 0 Å². The molecule has 0 spiro atoms. The fourth-order valence-corrected chi connectivity index (χ4v) is 3.97. The number of nitrogens with two attached hydrogens (primary N) is 1. The van der Waals surface area contributed by atoms with Gasteiger partial charge in [-0.3, -0.25) is 10.1 Å². The standard InChI is InChI=1S/C15H18F2N2O4.C7H13F2N.ClH/c1-23-14(20)11-2-3-12(13(8-11)19(21)22)18-9-10-4-6-15(16,17)7-5-10;8-7(9)3-1-6(5-10)2-4-7;/h2-3,8,10,18H,4-7,9H2,1H3;6H,1-5,10H2;1H. The quantitative estimate of drug-likeness (QED) is 0.215. The Balaban J connectivity index is 0.000000442. The van der Waals surface area contributed by atoms with Crippen molar-refractivity contribution in [2.45, 2.75) is 63.2 Å². The number of methoxy groups -OCH3 is 1. The molecule has 12 heteroatoms. The van der Waals surface area contributed by atoms with E-state index in [0.29, 0.717) is 44.7 Å². The molecule has 3 N–H and O–H groups in total. The second-order valence-corrected chi connectivity index (χ2v) is 8.70. The molecule has 1 aromatic carbocycles. The van der Waals surface area contributed by atoms with Crippen LogP contribution in [0.15, 0.2) is 18.2 Å². The van der Waals surface area contributed by atoms with Crippen molar-refractivity contribution >= 4 is 29.8 Å². The molecule has 0 atom stereocenters. The summed E-state index contributed by atoms with van der Waals surface area (Å²) in [5.41, 5.74) is 5.45. The van der Waals surface area contributed by atoms with Crippen LogP contribution in [0.4, 0.5) is 28.9 Å². The minimum absolute atomic E-state index is 0. The second kappa shape index (κ2) is 13.1. The van der Waals surface area contributed by atoms with E-state index in [9.17, 15) is 32.5 Å². The lowest BCUT2D eigenvalue weighted by Gasteiger charge is -2.28. The van der Waals surface area contributed by atoms with E-state index in [1.54, 1.807) is 0 Å². The number of nitrogens with one attached hydrogen (secondary N) is 1. The van der Waals surface area contributed by atoms with E-state index in [2.05, 4.69) is 10.1 Å². The summed E-state index contributed by atoms with van der Waals surface area (Å²) in [6.07, 6.45) is 1.74. The Bertz CT molecular complexity index is 809. The highest BCUT2D eigenvalue weighted by Gasteiger charge is 2.35. The van der Waals surface area contributed by atoms with Crippen LogP contribution in [0, 0.1) is 22.0 Å². The van der Waals surface area contributed by atoms with Gasteiger partial charge in [-0.15, -0.1) is 12.4 Å². The van der Waals surface area contributed by atoms with E-state index < -0.39 is 22.7 Å². The van der Waals surface area contributed by atoms with E-state index >= 15 is 0 Å². The molecular formula is C22H32ClF4N3O4. The van der Waals surface area contributed by atoms with E-state index in [1.807, 2.05) is 0 Å². The number of esters is 1. The first-order chi connectivity index (χ1) is 15.5. The van der Waals surface area contributed by atoms with Gasteiger partial charge < -0.3 is 15.8 Å². The normalized spacial score (nSPS) is 19.7. The summed E-state index contributed by atoms with van der Waals surface area (Å²) >= 11 is 0. The van der Waals surface area contributed by atoms with Gasteiger partial charge in [0.2, 0.25) is 11.8 Å². The van der Waals surface area contributed by atoms with Crippen LogP contribution < -0.4 is 11.1 Å². The molecule has 2 fully saturated rings. The van der Waals surface area contributed by atoms with Crippen LogP contribution in [0.2, 0.25) is 0 Å². The first kappa shape index (κ1) is 29.9. The van der Waals surface area contributed by atoms with Crippen molar-refractivity contribution in [1.29, 1.82) is 0 Å². The van der Waals surface area contributed by atoms with Gasteiger partial charge >= 0.3 is 5.97 Å². The summed E-state index contributed by atoms with van der Waals surface area (Å²) in [5.74, 6) is -5.25. The number of hydrogen-bond acceptors (Lipinski definition) is 6. The van der Waals surface area contributed by atoms with Gasteiger partial charge in [-0.1, -0.05) is 0 Å². The highest BCUT2D eigenvalue weighted by molar-refractivity contribution is 5.91. The van der Waals surface area contributed by atoms with Crippen LogP contribution in [-0.4, -0.2) is 42.9 Å². The summed E-state index contributed by atoms with van der Waals surface area (Å²) in [5, 5.41) is 14.1.